The van der Waals surface area contributed by atoms with Crippen LogP contribution < -0.4 is 5.43 Å². The Morgan fingerprint density at radius 3 is 2.96 bits per heavy atom. The molecule has 1 aromatic heterocycles. The molecule has 1 saturated heterocycles. The van der Waals surface area contributed by atoms with Crippen LogP contribution in [-0.4, -0.2) is 47.4 Å². The Balaban J connectivity index is 1.85. The number of aromatic nitrogens is 1. The molecule has 0 radical (unpaired) electrons. The molecule has 1 atom stereocenters. The fraction of sp³-hybridized carbons (Fsp3) is 0.500. The average Bonchev–Trinajstić information content (AvgIpc) is 2.49. The molecule has 5 heteroatoms. The number of hydrogen-bond donors (Lipinski definition) is 2. The van der Waals surface area contributed by atoms with Crippen LogP contribution in [0, 0.1) is 13.8 Å². The van der Waals surface area contributed by atoms with E-state index in [4.69, 9.17) is 9.84 Å². The van der Waals surface area contributed by atoms with Crippen molar-refractivity contribution < 1.29 is 9.84 Å². The molecular formula is C18H24N2O3. The molecule has 3 rings (SSSR count). The number of pyridine rings is 1. The third kappa shape index (κ3) is 3.63. The first-order valence-corrected chi connectivity index (χ1v) is 8.15. The number of hydrogen-bond acceptors (Lipinski definition) is 4. The molecule has 5 nitrogen and oxygen atoms in total. The van der Waals surface area contributed by atoms with E-state index in [1.54, 1.807) is 6.07 Å². The highest BCUT2D eigenvalue weighted by atomic mass is 16.5. The molecule has 0 spiro atoms. The maximum atomic E-state index is 12.4. The van der Waals surface area contributed by atoms with Crippen LogP contribution in [0.1, 0.15) is 23.2 Å². The first-order valence-electron chi connectivity index (χ1n) is 8.15. The van der Waals surface area contributed by atoms with Crippen molar-refractivity contribution in [2.45, 2.75) is 32.9 Å². The van der Waals surface area contributed by atoms with Gasteiger partial charge in [0.15, 0.2) is 5.43 Å². The lowest BCUT2D eigenvalue weighted by Crippen LogP contribution is -2.42. The summed E-state index contributed by atoms with van der Waals surface area (Å²) in [5, 5.41) is 9.81. The number of aromatic amines is 1. The zero-order valence-corrected chi connectivity index (χ0v) is 13.8. The van der Waals surface area contributed by atoms with Gasteiger partial charge in [-0.15, -0.1) is 0 Å². The van der Waals surface area contributed by atoms with Crippen LogP contribution in [0.3, 0.4) is 0 Å². The molecule has 1 fully saturated rings. The van der Waals surface area contributed by atoms with Crippen molar-refractivity contribution in [3.63, 3.8) is 0 Å². The summed E-state index contributed by atoms with van der Waals surface area (Å²) in [6.07, 6.45) is 0.730. The molecule has 0 amide bonds. The highest BCUT2D eigenvalue weighted by Crippen LogP contribution is 2.17. The van der Waals surface area contributed by atoms with Gasteiger partial charge in [-0.25, -0.2) is 0 Å². The highest BCUT2D eigenvalue weighted by molar-refractivity contribution is 5.82. The standard InChI is InChI=1S/C18H24N2O3/c1-12-7-13(2)18-16(8-12)17(22)9-14(19-18)10-20-4-6-23-15(11-20)3-5-21/h7-9,15,21H,3-6,10-11H2,1-2H3,(H,19,22)/t15-/m0/s1. The van der Waals surface area contributed by atoms with Gasteiger partial charge in [-0.2, -0.15) is 0 Å². The molecule has 2 N–H and O–H groups in total. The van der Waals surface area contributed by atoms with Crippen molar-refractivity contribution in [2.75, 3.05) is 26.3 Å². The number of benzene rings is 1. The largest absolute Gasteiger partial charge is 0.396 e. The van der Waals surface area contributed by atoms with E-state index in [-0.39, 0.29) is 18.1 Å². The molecule has 124 valence electrons. The first kappa shape index (κ1) is 16.2. The summed E-state index contributed by atoms with van der Waals surface area (Å²) in [6.45, 7) is 7.17. The molecule has 0 bridgehead atoms. The fourth-order valence-electron chi connectivity index (χ4n) is 3.33. The summed E-state index contributed by atoms with van der Waals surface area (Å²) >= 11 is 0. The summed E-state index contributed by atoms with van der Waals surface area (Å²) in [7, 11) is 0. The van der Waals surface area contributed by atoms with E-state index < -0.39 is 0 Å². The Hall–Kier alpha value is -1.69. The number of aryl methyl sites for hydroxylation is 2. The lowest BCUT2D eigenvalue weighted by Gasteiger charge is -2.32. The number of aliphatic hydroxyl groups excluding tert-OH is 1. The Kier molecular flexibility index (Phi) is 4.80. The monoisotopic (exact) mass is 316 g/mol. The van der Waals surface area contributed by atoms with Crippen molar-refractivity contribution in [3.8, 4) is 0 Å². The average molecular weight is 316 g/mol. The van der Waals surface area contributed by atoms with Crippen molar-refractivity contribution in [1.29, 1.82) is 0 Å². The molecule has 1 aliphatic heterocycles. The molecule has 23 heavy (non-hydrogen) atoms. The molecule has 1 aromatic carbocycles. The van der Waals surface area contributed by atoms with Gasteiger partial charge < -0.3 is 14.8 Å². The molecule has 1 aliphatic rings. The van der Waals surface area contributed by atoms with Gasteiger partial charge in [0.05, 0.1) is 18.2 Å². The van der Waals surface area contributed by atoms with Gasteiger partial charge in [-0.1, -0.05) is 6.07 Å². The fourth-order valence-corrected chi connectivity index (χ4v) is 3.33. The summed E-state index contributed by atoms with van der Waals surface area (Å²) in [5.74, 6) is 0. The van der Waals surface area contributed by atoms with Crippen molar-refractivity contribution >= 4 is 10.9 Å². The predicted octanol–water partition coefficient (Wildman–Crippen LogP) is 1.73. The second-order valence-corrected chi connectivity index (χ2v) is 6.40. The SMILES string of the molecule is Cc1cc(C)c2[nH]c(CN3CCO[C@@H](CCO)C3)cc(=O)c2c1. The third-order valence-corrected chi connectivity index (χ3v) is 4.40. The minimum absolute atomic E-state index is 0.0701. The number of nitrogens with zero attached hydrogens (tertiary/aromatic N) is 1. The Labute approximate surface area is 135 Å². The van der Waals surface area contributed by atoms with Crippen molar-refractivity contribution in [2.24, 2.45) is 0 Å². The summed E-state index contributed by atoms with van der Waals surface area (Å²) in [4.78, 5) is 18.1. The van der Waals surface area contributed by atoms with Gasteiger partial charge in [0.2, 0.25) is 0 Å². The van der Waals surface area contributed by atoms with Crippen molar-refractivity contribution in [3.05, 3.63) is 45.2 Å². The van der Waals surface area contributed by atoms with Gasteiger partial charge in [0, 0.05) is 43.4 Å². The predicted molar refractivity (Wildman–Crippen MR) is 90.8 cm³/mol. The van der Waals surface area contributed by atoms with Crippen LogP contribution in [-0.2, 0) is 11.3 Å². The molecular weight excluding hydrogens is 292 g/mol. The van der Waals surface area contributed by atoms with Gasteiger partial charge in [0.1, 0.15) is 0 Å². The van der Waals surface area contributed by atoms with Gasteiger partial charge in [-0.05, 0) is 37.5 Å². The molecule has 2 heterocycles. The summed E-state index contributed by atoms with van der Waals surface area (Å²) in [6, 6.07) is 5.74. The van der Waals surface area contributed by atoms with E-state index in [0.717, 1.165) is 40.8 Å². The van der Waals surface area contributed by atoms with E-state index >= 15 is 0 Å². The minimum Gasteiger partial charge on any atom is -0.396 e. The molecule has 0 aliphatic carbocycles. The molecule has 0 unspecified atom stereocenters. The second-order valence-electron chi connectivity index (χ2n) is 6.40. The number of nitrogens with one attached hydrogen (secondary N) is 1. The van der Waals surface area contributed by atoms with Crippen LogP contribution >= 0.6 is 0 Å². The zero-order valence-electron chi connectivity index (χ0n) is 13.8. The summed E-state index contributed by atoms with van der Waals surface area (Å²) < 4.78 is 5.64. The number of fused-ring (bicyclic) bond motifs is 1. The number of rotatable bonds is 4. The normalized spacial score (nSPS) is 19.3. The van der Waals surface area contributed by atoms with Crippen LogP contribution in [0.2, 0.25) is 0 Å². The topological polar surface area (TPSA) is 65.6 Å². The number of ether oxygens (including phenoxy) is 1. The Morgan fingerprint density at radius 2 is 2.17 bits per heavy atom. The van der Waals surface area contributed by atoms with Crippen LogP contribution in [0.15, 0.2) is 23.0 Å². The van der Waals surface area contributed by atoms with E-state index in [1.807, 2.05) is 19.9 Å². The smallest absolute Gasteiger partial charge is 0.189 e. The Bertz CT molecular complexity index is 752. The molecule has 2 aromatic rings. The van der Waals surface area contributed by atoms with E-state index in [1.165, 1.54) is 0 Å². The summed E-state index contributed by atoms with van der Waals surface area (Å²) in [5.41, 5.74) is 4.13. The van der Waals surface area contributed by atoms with Crippen LogP contribution in [0.25, 0.3) is 10.9 Å². The number of morpholine rings is 1. The minimum atomic E-state index is 0.0701. The molecule has 0 saturated carbocycles. The Morgan fingerprint density at radius 1 is 1.35 bits per heavy atom. The van der Waals surface area contributed by atoms with Crippen LogP contribution in [0.4, 0.5) is 0 Å². The first-order chi connectivity index (χ1) is 11.1. The van der Waals surface area contributed by atoms with E-state index in [9.17, 15) is 4.79 Å². The lowest BCUT2D eigenvalue weighted by atomic mass is 10.1. The van der Waals surface area contributed by atoms with Crippen molar-refractivity contribution in [1.82, 2.24) is 9.88 Å². The second kappa shape index (κ2) is 6.83. The van der Waals surface area contributed by atoms with E-state index in [2.05, 4.69) is 16.0 Å². The lowest BCUT2D eigenvalue weighted by molar-refractivity contribution is -0.0410. The quantitative estimate of drug-likeness (QED) is 0.901. The van der Waals surface area contributed by atoms with Gasteiger partial charge in [-0.3, -0.25) is 9.69 Å². The van der Waals surface area contributed by atoms with Crippen LogP contribution in [0.5, 0.6) is 0 Å². The number of aliphatic hydroxyl groups is 1. The maximum absolute atomic E-state index is 12.4. The van der Waals surface area contributed by atoms with Gasteiger partial charge in [0.25, 0.3) is 0 Å². The van der Waals surface area contributed by atoms with Gasteiger partial charge >= 0.3 is 0 Å². The third-order valence-electron chi connectivity index (χ3n) is 4.40. The number of H-pyrrole nitrogens is 1. The maximum Gasteiger partial charge on any atom is 0.189 e. The van der Waals surface area contributed by atoms with E-state index in [0.29, 0.717) is 19.6 Å². The highest BCUT2D eigenvalue weighted by Gasteiger charge is 2.20. The zero-order chi connectivity index (χ0) is 16.4.